The molecular weight excluding hydrogens is 371 g/mol. The Kier molecular flexibility index (Phi) is 5.63. The highest BCUT2D eigenvalue weighted by Gasteiger charge is 2.18. The molecule has 3 rings (SSSR count). The summed E-state index contributed by atoms with van der Waals surface area (Å²) in [6, 6.07) is 14.2. The van der Waals surface area contributed by atoms with Crippen LogP contribution in [0.25, 0.3) is 0 Å². The zero-order valence-corrected chi connectivity index (χ0v) is 15.0. The third-order valence-electron chi connectivity index (χ3n) is 4.39. The SMILES string of the molecule is O=C(CCN1CCN(c2ccc(F)cc2)CC1)c1ccc(Br)cc1. The highest BCUT2D eigenvalue weighted by molar-refractivity contribution is 9.10. The number of Topliss-reactive ketones (excluding diaryl/α,β-unsaturated/α-hetero) is 1. The number of benzene rings is 2. The first-order valence-corrected chi connectivity index (χ1v) is 8.93. The molecule has 1 aliphatic rings. The van der Waals surface area contributed by atoms with Gasteiger partial charge in [0, 0.05) is 54.9 Å². The minimum atomic E-state index is -0.205. The molecule has 0 unspecified atom stereocenters. The molecule has 0 bridgehead atoms. The average Bonchev–Trinajstić information content (AvgIpc) is 2.61. The summed E-state index contributed by atoms with van der Waals surface area (Å²) in [6.45, 7) is 4.43. The Morgan fingerprint density at radius 1 is 0.958 bits per heavy atom. The van der Waals surface area contributed by atoms with Gasteiger partial charge in [0.15, 0.2) is 5.78 Å². The summed E-state index contributed by atoms with van der Waals surface area (Å²) in [5.41, 5.74) is 1.82. The van der Waals surface area contributed by atoms with E-state index in [9.17, 15) is 9.18 Å². The van der Waals surface area contributed by atoms with E-state index in [1.54, 1.807) is 0 Å². The van der Waals surface area contributed by atoms with Gasteiger partial charge in [-0.2, -0.15) is 0 Å². The number of piperazine rings is 1. The van der Waals surface area contributed by atoms with Crippen LogP contribution in [0, 0.1) is 5.82 Å². The van der Waals surface area contributed by atoms with Crippen molar-refractivity contribution in [3.05, 3.63) is 64.4 Å². The molecule has 1 heterocycles. The third-order valence-corrected chi connectivity index (χ3v) is 4.91. The summed E-state index contributed by atoms with van der Waals surface area (Å²) in [5, 5.41) is 0. The summed E-state index contributed by atoms with van der Waals surface area (Å²) in [6.07, 6.45) is 0.540. The summed E-state index contributed by atoms with van der Waals surface area (Å²) in [5.74, 6) is -0.0210. The van der Waals surface area contributed by atoms with E-state index in [0.717, 1.165) is 48.4 Å². The fraction of sp³-hybridized carbons (Fsp3) is 0.316. The minimum Gasteiger partial charge on any atom is -0.369 e. The number of nitrogens with zero attached hydrogens (tertiary/aromatic N) is 2. The van der Waals surface area contributed by atoms with Crippen LogP contribution in [0.15, 0.2) is 53.0 Å². The summed E-state index contributed by atoms with van der Waals surface area (Å²) >= 11 is 3.38. The number of carbonyl (C=O) groups excluding carboxylic acids is 1. The van der Waals surface area contributed by atoms with Gasteiger partial charge in [0.25, 0.3) is 0 Å². The molecule has 2 aromatic carbocycles. The number of hydrogen-bond acceptors (Lipinski definition) is 3. The molecule has 3 nitrogen and oxygen atoms in total. The predicted molar refractivity (Wildman–Crippen MR) is 98.1 cm³/mol. The lowest BCUT2D eigenvalue weighted by molar-refractivity contribution is 0.0962. The van der Waals surface area contributed by atoms with Crippen LogP contribution in [0.2, 0.25) is 0 Å². The molecule has 1 saturated heterocycles. The van der Waals surface area contributed by atoms with Gasteiger partial charge >= 0.3 is 0 Å². The molecule has 1 fully saturated rings. The second kappa shape index (κ2) is 7.90. The number of carbonyl (C=O) groups is 1. The van der Waals surface area contributed by atoms with E-state index in [4.69, 9.17) is 0 Å². The van der Waals surface area contributed by atoms with Crippen LogP contribution in [0.1, 0.15) is 16.8 Å². The molecule has 1 aliphatic heterocycles. The van der Waals surface area contributed by atoms with Gasteiger partial charge in [-0.1, -0.05) is 28.1 Å². The fourth-order valence-corrected chi connectivity index (χ4v) is 3.19. The maximum atomic E-state index is 13.0. The van der Waals surface area contributed by atoms with E-state index < -0.39 is 0 Å². The first-order valence-electron chi connectivity index (χ1n) is 8.13. The molecule has 24 heavy (non-hydrogen) atoms. The maximum Gasteiger partial charge on any atom is 0.164 e. The van der Waals surface area contributed by atoms with Crippen molar-refractivity contribution in [1.82, 2.24) is 4.90 Å². The van der Waals surface area contributed by atoms with E-state index in [1.165, 1.54) is 12.1 Å². The molecule has 0 atom stereocenters. The molecule has 0 amide bonds. The number of halogens is 2. The predicted octanol–water partition coefficient (Wildman–Crippen LogP) is 3.98. The van der Waals surface area contributed by atoms with Gasteiger partial charge in [0.05, 0.1) is 0 Å². The second-order valence-corrected chi connectivity index (χ2v) is 6.90. The second-order valence-electron chi connectivity index (χ2n) is 5.99. The van der Waals surface area contributed by atoms with Gasteiger partial charge < -0.3 is 4.90 Å². The van der Waals surface area contributed by atoms with Crippen LogP contribution in [0.5, 0.6) is 0 Å². The van der Waals surface area contributed by atoms with Crippen molar-refractivity contribution in [2.24, 2.45) is 0 Å². The van der Waals surface area contributed by atoms with Crippen molar-refractivity contribution >= 4 is 27.4 Å². The average molecular weight is 391 g/mol. The summed E-state index contributed by atoms with van der Waals surface area (Å²) in [7, 11) is 0. The van der Waals surface area contributed by atoms with Crippen LogP contribution >= 0.6 is 15.9 Å². The van der Waals surface area contributed by atoms with Crippen molar-refractivity contribution < 1.29 is 9.18 Å². The third kappa shape index (κ3) is 4.42. The zero-order chi connectivity index (χ0) is 16.9. The van der Waals surface area contributed by atoms with Crippen LogP contribution in [-0.2, 0) is 0 Å². The smallest absolute Gasteiger partial charge is 0.164 e. The Morgan fingerprint density at radius 3 is 2.21 bits per heavy atom. The molecule has 0 aliphatic carbocycles. The van der Waals surface area contributed by atoms with Crippen molar-refractivity contribution in [1.29, 1.82) is 0 Å². The zero-order valence-electron chi connectivity index (χ0n) is 13.4. The highest BCUT2D eigenvalue weighted by atomic mass is 79.9. The van der Waals surface area contributed by atoms with Gasteiger partial charge in [-0.25, -0.2) is 4.39 Å². The Hall–Kier alpha value is -1.72. The van der Waals surface area contributed by atoms with Gasteiger partial charge in [-0.3, -0.25) is 9.69 Å². The molecule has 0 spiro atoms. The molecule has 126 valence electrons. The molecule has 2 aromatic rings. The van der Waals surface area contributed by atoms with E-state index in [-0.39, 0.29) is 11.6 Å². The van der Waals surface area contributed by atoms with Crippen molar-refractivity contribution in [2.75, 3.05) is 37.6 Å². The Labute approximate surface area is 150 Å². The number of hydrogen-bond donors (Lipinski definition) is 0. The lowest BCUT2D eigenvalue weighted by Crippen LogP contribution is -2.46. The van der Waals surface area contributed by atoms with E-state index in [1.807, 2.05) is 36.4 Å². The largest absolute Gasteiger partial charge is 0.369 e. The Balaban J connectivity index is 1.46. The van der Waals surface area contributed by atoms with Gasteiger partial charge in [-0.15, -0.1) is 0 Å². The molecular formula is C19H20BrFN2O. The van der Waals surface area contributed by atoms with E-state index >= 15 is 0 Å². The first-order chi connectivity index (χ1) is 11.6. The number of rotatable bonds is 5. The Morgan fingerprint density at radius 2 is 1.58 bits per heavy atom. The molecule has 5 heteroatoms. The minimum absolute atomic E-state index is 0.184. The van der Waals surface area contributed by atoms with Crippen LogP contribution in [0.3, 0.4) is 0 Å². The van der Waals surface area contributed by atoms with E-state index in [2.05, 4.69) is 25.7 Å². The number of anilines is 1. The van der Waals surface area contributed by atoms with E-state index in [0.29, 0.717) is 6.42 Å². The molecule has 0 saturated carbocycles. The fourth-order valence-electron chi connectivity index (χ4n) is 2.92. The summed E-state index contributed by atoms with van der Waals surface area (Å²) < 4.78 is 14.0. The topological polar surface area (TPSA) is 23.6 Å². The molecule has 0 radical (unpaired) electrons. The monoisotopic (exact) mass is 390 g/mol. The maximum absolute atomic E-state index is 13.0. The quantitative estimate of drug-likeness (QED) is 0.721. The van der Waals surface area contributed by atoms with Crippen molar-refractivity contribution in [2.45, 2.75) is 6.42 Å². The van der Waals surface area contributed by atoms with Crippen LogP contribution < -0.4 is 4.90 Å². The summed E-state index contributed by atoms with van der Waals surface area (Å²) in [4.78, 5) is 16.8. The molecule has 0 aromatic heterocycles. The van der Waals surface area contributed by atoms with Crippen LogP contribution in [0.4, 0.5) is 10.1 Å². The lowest BCUT2D eigenvalue weighted by Gasteiger charge is -2.36. The number of ketones is 1. The van der Waals surface area contributed by atoms with Crippen molar-refractivity contribution in [3.8, 4) is 0 Å². The van der Waals surface area contributed by atoms with Gasteiger partial charge in [-0.05, 0) is 36.4 Å². The lowest BCUT2D eigenvalue weighted by atomic mass is 10.1. The highest BCUT2D eigenvalue weighted by Crippen LogP contribution is 2.17. The Bertz CT molecular complexity index is 680. The van der Waals surface area contributed by atoms with Crippen LogP contribution in [-0.4, -0.2) is 43.4 Å². The normalized spacial score (nSPS) is 15.5. The van der Waals surface area contributed by atoms with Gasteiger partial charge in [0.1, 0.15) is 5.82 Å². The van der Waals surface area contributed by atoms with Crippen molar-refractivity contribution in [3.63, 3.8) is 0 Å². The van der Waals surface area contributed by atoms with Gasteiger partial charge in [0.2, 0.25) is 0 Å². The molecule has 0 N–H and O–H groups in total. The standard InChI is InChI=1S/C19H20BrFN2O/c20-16-3-1-15(2-4-16)19(24)9-10-22-11-13-23(14-12-22)18-7-5-17(21)6-8-18/h1-8H,9-14H2. The first kappa shape index (κ1) is 17.1.